The maximum Gasteiger partial charge on any atom is 0.128 e. The van der Waals surface area contributed by atoms with Crippen molar-refractivity contribution >= 4 is 0 Å². The molecule has 88 valence electrons. The van der Waals surface area contributed by atoms with Gasteiger partial charge in [-0.25, -0.2) is 4.39 Å². The van der Waals surface area contributed by atoms with Crippen molar-refractivity contribution in [2.24, 2.45) is 5.92 Å². The van der Waals surface area contributed by atoms with Gasteiger partial charge in [0, 0.05) is 18.8 Å². The molecule has 1 saturated heterocycles. The van der Waals surface area contributed by atoms with Gasteiger partial charge in [0.25, 0.3) is 0 Å². The molecule has 0 unspecified atom stereocenters. The van der Waals surface area contributed by atoms with Crippen LogP contribution in [0.4, 0.5) is 4.39 Å². The fourth-order valence-electron chi connectivity index (χ4n) is 1.77. The molecule has 1 aliphatic heterocycles. The first-order chi connectivity index (χ1) is 7.15. The van der Waals surface area contributed by atoms with Gasteiger partial charge in [-0.3, -0.25) is 0 Å². The molecule has 1 fully saturated rings. The number of hydrogen-bond donors (Lipinski definition) is 0. The van der Waals surface area contributed by atoms with Crippen LogP contribution < -0.4 is 0 Å². The van der Waals surface area contributed by atoms with Crippen LogP contribution in [-0.4, -0.2) is 24.7 Å². The molecule has 2 heteroatoms. The van der Waals surface area contributed by atoms with E-state index < -0.39 is 6.67 Å². The highest BCUT2D eigenvalue weighted by Crippen LogP contribution is 2.24. The summed E-state index contributed by atoms with van der Waals surface area (Å²) in [5.41, 5.74) is 1.88. The molecule has 0 radical (unpaired) electrons. The van der Waals surface area contributed by atoms with Gasteiger partial charge in [-0.05, 0) is 25.7 Å². The van der Waals surface area contributed by atoms with E-state index in [9.17, 15) is 4.39 Å². The summed E-state index contributed by atoms with van der Waals surface area (Å²) in [6, 6.07) is 0. The minimum absolute atomic E-state index is 0.419. The van der Waals surface area contributed by atoms with E-state index in [1.165, 1.54) is 5.57 Å². The van der Waals surface area contributed by atoms with E-state index in [0.717, 1.165) is 25.9 Å². The van der Waals surface area contributed by atoms with Crippen LogP contribution in [-0.2, 0) is 0 Å². The van der Waals surface area contributed by atoms with E-state index in [2.05, 4.69) is 20.1 Å². The zero-order valence-corrected chi connectivity index (χ0v) is 10.4. The van der Waals surface area contributed by atoms with Crippen LogP contribution in [0.1, 0.15) is 33.6 Å². The standard InChI is InChI=1S/C11H18FN.C2H6/c1-9(2)11-4-6-13(7-5-11)10(3)8-12;1-2/h11H,1,3-8H2,2H3;1-2H3. The van der Waals surface area contributed by atoms with Crippen molar-refractivity contribution in [2.45, 2.75) is 33.6 Å². The van der Waals surface area contributed by atoms with E-state index in [0.29, 0.717) is 11.6 Å². The minimum atomic E-state index is -0.419. The summed E-state index contributed by atoms with van der Waals surface area (Å²) in [7, 11) is 0. The van der Waals surface area contributed by atoms with Gasteiger partial charge in [0.1, 0.15) is 6.67 Å². The normalized spacial score (nSPS) is 16.7. The van der Waals surface area contributed by atoms with Crippen molar-refractivity contribution < 1.29 is 4.39 Å². The van der Waals surface area contributed by atoms with Crippen molar-refractivity contribution in [3.63, 3.8) is 0 Å². The summed E-state index contributed by atoms with van der Waals surface area (Å²) in [5, 5.41) is 0. The van der Waals surface area contributed by atoms with Gasteiger partial charge in [0.2, 0.25) is 0 Å². The maximum absolute atomic E-state index is 12.3. The zero-order chi connectivity index (χ0) is 11.8. The Labute approximate surface area is 93.7 Å². The highest BCUT2D eigenvalue weighted by atomic mass is 19.1. The van der Waals surface area contributed by atoms with Gasteiger partial charge in [-0.1, -0.05) is 32.6 Å². The lowest BCUT2D eigenvalue weighted by Gasteiger charge is -2.34. The van der Waals surface area contributed by atoms with Gasteiger partial charge < -0.3 is 4.90 Å². The molecule has 0 spiro atoms. The van der Waals surface area contributed by atoms with Crippen LogP contribution in [0.2, 0.25) is 0 Å². The van der Waals surface area contributed by atoms with Gasteiger partial charge in [-0.15, -0.1) is 0 Å². The molecule has 1 heterocycles. The maximum atomic E-state index is 12.3. The van der Waals surface area contributed by atoms with Crippen LogP contribution in [0.5, 0.6) is 0 Å². The third-order valence-corrected chi connectivity index (χ3v) is 2.79. The topological polar surface area (TPSA) is 3.24 Å². The van der Waals surface area contributed by atoms with Gasteiger partial charge in [-0.2, -0.15) is 0 Å². The highest BCUT2D eigenvalue weighted by Gasteiger charge is 2.19. The number of hydrogen-bond acceptors (Lipinski definition) is 1. The van der Waals surface area contributed by atoms with E-state index in [-0.39, 0.29) is 0 Å². The lowest BCUT2D eigenvalue weighted by Crippen LogP contribution is -2.33. The number of nitrogens with zero attached hydrogens (tertiary/aromatic N) is 1. The van der Waals surface area contributed by atoms with Crippen LogP contribution in [0, 0.1) is 5.92 Å². The number of allylic oxidation sites excluding steroid dienone is 2. The number of likely N-dealkylation sites (tertiary alicyclic amines) is 1. The molecule has 15 heavy (non-hydrogen) atoms. The Morgan fingerprint density at radius 1 is 1.27 bits per heavy atom. The zero-order valence-electron chi connectivity index (χ0n) is 10.4. The average Bonchev–Trinajstić information content (AvgIpc) is 2.31. The van der Waals surface area contributed by atoms with E-state index in [1.54, 1.807) is 0 Å². The summed E-state index contributed by atoms with van der Waals surface area (Å²) in [4.78, 5) is 2.04. The highest BCUT2D eigenvalue weighted by molar-refractivity contribution is 5.02. The third-order valence-electron chi connectivity index (χ3n) is 2.79. The second-order valence-corrected chi connectivity index (χ2v) is 3.81. The molecule has 0 N–H and O–H groups in total. The summed E-state index contributed by atoms with van der Waals surface area (Å²) in [6.45, 7) is 15.2. The number of alkyl halides is 1. The van der Waals surface area contributed by atoms with Crippen molar-refractivity contribution in [1.82, 2.24) is 4.90 Å². The van der Waals surface area contributed by atoms with Crippen LogP contribution >= 0.6 is 0 Å². The Hall–Kier alpha value is -0.790. The first-order valence-electron chi connectivity index (χ1n) is 5.79. The van der Waals surface area contributed by atoms with Crippen LogP contribution in [0.3, 0.4) is 0 Å². The molecule has 0 aliphatic carbocycles. The Morgan fingerprint density at radius 2 is 1.73 bits per heavy atom. The Bertz CT molecular complexity index is 203. The molecule has 0 atom stereocenters. The second kappa shape index (κ2) is 7.49. The first kappa shape index (κ1) is 14.2. The summed E-state index contributed by atoms with van der Waals surface area (Å²) in [6.07, 6.45) is 2.18. The molecule has 1 nitrogen and oxygen atoms in total. The van der Waals surface area contributed by atoms with Crippen LogP contribution in [0.25, 0.3) is 0 Å². The SMILES string of the molecule is C=C(C)C1CCN(C(=C)CF)CC1.CC. The second-order valence-electron chi connectivity index (χ2n) is 3.81. The molecule has 1 aliphatic rings. The Morgan fingerprint density at radius 3 is 2.07 bits per heavy atom. The fourth-order valence-corrected chi connectivity index (χ4v) is 1.77. The number of piperidine rings is 1. The molecular weight excluding hydrogens is 189 g/mol. The lowest BCUT2D eigenvalue weighted by atomic mass is 9.91. The van der Waals surface area contributed by atoms with Crippen molar-refractivity contribution in [3.8, 4) is 0 Å². The third kappa shape index (κ3) is 4.50. The molecule has 0 amide bonds. The van der Waals surface area contributed by atoms with E-state index in [4.69, 9.17) is 0 Å². The molecule has 0 aromatic heterocycles. The molecule has 0 bridgehead atoms. The predicted molar refractivity (Wildman–Crippen MR) is 65.6 cm³/mol. The first-order valence-corrected chi connectivity index (χ1v) is 5.79. The van der Waals surface area contributed by atoms with Crippen LogP contribution in [0.15, 0.2) is 24.4 Å². The van der Waals surface area contributed by atoms with E-state index >= 15 is 0 Å². The Kier molecular flexibility index (Phi) is 7.10. The van der Waals surface area contributed by atoms with Crippen molar-refractivity contribution in [2.75, 3.05) is 19.8 Å². The van der Waals surface area contributed by atoms with Gasteiger partial charge in [0.05, 0.1) is 0 Å². The van der Waals surface area contributed by atoms with Crippen molar-refractivity contribution in [3.05, 3.63) is 24.4 Å². The number of rotatable bonds is 3. The van der Waals surface area contributed by atoms with Gasteiger partial charge in [0.15, 0.2) is 0 Å². The molecule has 0 aromatic rings. The average molecular weight is 213 g/mol. The molecule has 0 aromatic carbocycles. The molecule has 0 saturated carbocycles. The predicted octanol–water partition coefficient (Wildman–Crippen LogP) is 3.78. The quantitative estimate of drug-likeness (QED) is 0.645. The molecule has 1 rings (SSSR count). The van der Waals surface area contributed by atoms with Gasteiger partial charge >= 0.3 is 0 Å². The summed E-state index contributed by atoms with van der Waals surface area (Å²) in [5.74, 6) is 0.628. The minimum Gasteiger partial charge on any atom is -0.373 e. The Balaban J connectivity index is 0.000000921. The largest absolute Gasteiger partial charge is 0.373 e. The molecular formula is C13H24FN. The van der Waals surface area contributed by atoms with Crippen molar-refractivity contribution in [1.29, 1.82) is 0 Å². The number of halogens is 1. The monoisotopic (exact) mass is 213 g/mol. The summed E-state index contributed by atoms with van der Waals surface area (Å²) >= 11 is 0. The fraction of sp³-hybridized carbons (Fsp3) is 0.692. The smallest absolute Gasteiger partial charge is 0.128 e. The summed E-state index contributed by atoms with van der Waals surface area (Å²) < 4.78 is 12.3. The van der Waals surface area contributed by atoms with E-state index in [1.807, 2.05) is 18.7 Å². The lowest BCUT2D eigenvalue weighted by molar-refractivity contribution is 0.231.